The van der Waals surface area contributed by atoms with E-state index in [1.807, 2.05) is 25.1 Å². The van der Waals surface area contributed by atoms with Crippen LogP contribution < -0.4 is 14.2 Å². The molecule has 0 amide bonds. The SMILES string of the molecule is Cc1ccc(OC(=O)c2cc(-c3ccc4c(c3)OCCO4)on2)cc1. The lowest BCUT2D eigenvalue weighted by Crippen LogP contribution is -2.15. The summed E-state index contributed by atoms with van der Waals surface area (Å²) < 4.78 is 21.6. The van der Waals surface area contributed by atoms with Crippen LogP contribution in [-0.4, -0.2) is 24.3 Å². The summed E-state index contributed by atoms with van der Waals surface area (Å²) in [5.74, 6) is 1.67. The Balaban J connectivity index is 1.53. The van der Waals surface area contributed by atoms with Crippen molar-refractivity contribution >= 4 is 5.97 Å². The van der Waals surface area contributed by atoms with E-state index in [9.17, 15) is 4.79 Å². The van der Waals surface area contributed by atoms with Crippen molar-refractivity contribution in [1.82, 2.24) is 5.16 Å². The minimum Gasteiger partial charge on any atom is -0.486 e. The van der Waals surface area contributed by atoms with Crippen LogP contribution in [0.1, 0.15) is 16.1 Å². The van der Waals surface area contributed by atoms with Crippen LogP contribution in [0.15, 0.2) is 53.1 Å². The lowest BCUT2D eigenvalue weighted by molar-refractivity contribution is 0.0724. The molecule has 0 saturated heterocycles. The highest BCUT2D eigenvalue weighted by Crippen LogP contribution is 2.34. The normalized spacial score (nSPS) is 12.7. The maximum absolute atomic E-state index is 12.2. The Hall–Kier alpha value is -3.28. The molecular weight excluding hydrogens is 322 g/mol. The molecule has 0 atom stereocenters. The van der Waals surface area contributed by atoms with Crippen LogP contribution in [-0.2, 0) is 0 Å². The van der Waals surface area contributed by atoms with Gasteiger partial charge in [-0.15, -0.1) is 0 Å². The summed E-state index contributed by atoms with van der Waals surface area (Å²) in [6.45, 7) is 2.99. The van der Waals surface area contributed by atoms with Gasteiger partial charge in [-0.2, -0.15) is 0 Å². The van der Waals surface area contributed by atoms with Gasteiger partial charge in [0.25, 0.3) is 0 Å². The Kier molecular flexibility index (Phi) is 3.85. The number of fused-ring (bicyclic) bond motifs is 1. The molecule has 0 N–H and O–H groups in total. The molecule has 126 valence electrons. The molecule has 0 fully saturated rings. The summed E-state index contributed by atoms with van der Waals surface area (Å²) in [4.78, 5) is 12.2. The van der Waals surface area contributed by atoms with Gasteiger partial charge in [0.05, 0.1) is 0 Å². The highest BCUT2D eigenvalue weighted by atomic mass is 16.6. The van der Waals surface area contributed by atoms with Crippen molar-refractivity contribution < 1.29 is 23.5 Å². The zero-order valence-corrected chi connectivity index (χ0v) is 13.5. The minimum atomic E-state index is -0.573. The number of esters is 1. The first kappa shape index (κ1) is 15.3. The average Bonchev–Trinajstić information content (AvgIpc) is 3.13. The van der Waals surface area contributed by atoms with Crippen LogP contribution in [0.25, 0.3) is 11.3 Å². The van der Waals surface area contributed by atoms with E-state index in [0.29, 0.717) is 36.2 Å². The lowest BCUT2D eigenvalue weighted by Gasteiger charge is -2.18. The highest BCUT2D eigenvalue weighted by Gasteiger charge is 2.18. The summed E-state index contributed by atoms with van der Waals surface area (Å²) in [6, 6.07) is 14.2. The first-order chi connectivity index (χ1) is 12.2. The molecule has 25 heavy (non-hydrogen) atoms. The number of benzene rings is 2. The van der Waals surface area contributed by atoms with Crippen LogP contribution in [0.5, 0.6) is 17.2 Å². The smallest absolute Gasteiger partial charge is 0.365 e. The van der Waals surface area contributed by atoms with E-state index in [1.165, 1.54) is 0 Å². The van der Waals surface area contributed by atoms with E-state index in [0.717, 1.165) is 11.1 Å². The molecule has 2 aromatic carbocycles. The number of rotatable bonds is 3. The number of hydrogen-bond donors (Lipinski definition) is 0. The highest BCUT2D eigenvalue weighted by molar-refractivity contribution is 5.90. The number of carbonyl (C=O) groups is 1. The molecule has 0 radical (unpaired) electrons. The van der Waals surface area contributed by atoms with Crippen LogP contribution in [0.4, 0.5) is 0 Å². The molecule has 3 aromatic rings. The summed E-state index contributed by atoms with van der Waals surface area (Å²) >= 11 is 0. The molecular formula is C19H15NO5. The van der Waals surface area contributed by atoms with Crippen molar-refractivity contribution in [2.24, 2.45) is 0 Å². The van der Waals surface area contributed by atoms with Crippen LogP contribution in [0.3, 0.4) is 0 Å². The number of hydrogen-bond acceptors (Lipinski definition) is 6. The Labute approximate surface area is 143 Å². The molecule has 1 aromatic heterocycles. The van der Waals surface area contributed by atoms with Gasteiger partial charge in [-0.1, -0.05) is 22.9 Å². The average molecular weight is 337 g/mol. The standard InChI is InChI=1S/C19H15NO5/c1-12-2-5-14(6-3-12)24-19(21)15-11-17(25-20-15)13-4-7-16-18(10-13)23-9-8-22-16/h2-7,10-11H,8-9H2,1H3. The van der Waals surface area contributed by atoms with Crippen LogP contribution in [0, 0.1) is 6.92 Å². The summed E-state index contributed by atoms with van der Waals surface area (Å²) in [6.07, 6.45) is 0. The molecule has 0 spiro atoms. The second-order valence-corrected chi connectivity index (χ2v) is 5.64. The maximum Gasteiger partial charge on any atom is 0.365 e. The number of nitrogens with zero attached hydrogens (tertiary/aromatic N) is 1. The third-order valence-corrected chi connectivity index (χ3v) is 3.78. The fourth-order valence-corrected chi connectivity index (χ4v) is 2.47. The molecule has 0 aliphatic carbocycles. The van der Waals surface area contributed by atoms with Gasteiger partial charge in [-0.3, -0.25) is 0 Å². The fraction of sp³-hybridized carbons (Fsp3) is 0.158. The topological polar surface area (TPSA) is 70.8 Å². The van der Waals surface area contributed by atoms with E-state index >= 15 is 0 Å². The first-order valence-corrected chi connectivity index (χ1v) is 7.85. The Bertz CT molecular complexity index is 914. The van der Waals surface area contributed by atoms with Crippen molar-refractivity contribution in [2.45, 2.75) is 6.92 Å². The molecule has 2 heterocycles. The summed E-state index contributed by atoms with van der Waals surface area (Å²) in [7, 11) is 0. The Morgan fingerprint density at radius 2 is 1.76 bits per heavy atom. The van der Waals surface area contributed by atoms with Gasteiger partial charge >= 0.3 is 5.97 Å². The molecule has 0 unspecified atom stereocenters. The fourth-order valence-electron chi connectivity index (χ4n) is 2.47. The van der Waals surface area contributed by atoms with E-state index in [4.69, 9.17) is 18.7 Å². The van der Waals surface area contributed by atoms with Gasteiger partial charge < -0.3 is 18.7 Å². The van der Waals surface area contributed by atoms with Crippen molar-refractivity contribution in [3.8, 4) is 28.6 Å². The second-order valence-electron chi connectivity index (χ2n) is 5.64. The van der Waals surface area contributed by atoms with E-state index in [1.54, 1.807) is 30.3 Å². The molecule has 0 saturated carbocycles. The molecule has 1 aliphatic heterocycles. The maximum atomic E-state index is 12.2. The largest absolute Gasteiger partial charge is 0.486 e. The zero-order chi connectivity index (χ0) is 17.2. The van der Waals surface area contributed by atoms with Crippen molar-refractivity contribution in [2.75, 3.05) is 13.2 Å². The van der Waals surface area contributed by atoms with Gasteiger partial charge in [0.1, 0.15) is 19.0 Å². The number of carbonyl (C=O) groups excluding carboxylic acids is 1. The predicted molar refractivity (Wildman–Crippen MR) is 89.1 cm³/mol. The number of ether oxygens (including phenoxy) is 3. The van der Waals surface area contributed by atoms with Crippen molar-refractivity contribution in [3.63, 3.8) is 0 Å². The summed E-state index contributed by atoms with van der Waals surface area (Å²) in [5.41, 5.74) is 1.93. The minimum absolute atomic E-state index is 0.102. The monoisotopic (exact) mass is 337 g/mol. The van der Waals surface area contributed by atoms with Crippen LogP contribution in [0.2, 0.25) is 0 Å². The van der Waals surface area contributed by atoms with Gasteiger partial charge in [-0.05, 0) is 37.3 Å². The Morgan fingerprint density at radius 1 is 1.00 bits per heavy atom. The van der Waals surface area contributed by atoms with Crippen molar-refractivity contribution in [3.05, 3.63) is 59.8 Å². The zero-order valence-electron chi connectivity index (χ0n) is 13.5. The Morgan fingerprint density at radius 3 is 2.56 bits per heavy atom. The van der Waals surface area contributed by atoms with Gasteiger partial charge in [-0.25, -0.2) is 4.79 Å². The molecule has 0 bridgehead atoms. The number of aryl methyl sites for hydroxylation is 1. The molecule has 6 heteroatoms. The van der Waals surface area contributed by atoms with Gasteiger partial charge in [0, 0.05) is 11.6 Å². The molecule has 4 rings (SSSR count). The molecule has 1 aliphatic rings. The van der Waals surface area contributed by atoms with E-state index in [2.05, 4.69) is 5.16 Å². The van der Waals surface area contributed by atoms with Crippen LogP contribution >= 0.6 is 0 Å². The third kappa shape index (κ3) is 3.19. The van der Waals surface area contributed by atoms with E-state index in [-0.39, 0.29) is 5.69 Å². The van der Waals surface area contributed by atoms with Gasteiger partial charge in [0.15, 0.2) is 23.0 Å². The number of aromatic nitrogens is 1. The first-order valence-electron chi connectivity index (χ1n) is 7.85. The quantitative estimate of drug-likeness (QED) is 0.537. The van der Waals surface area contributed by atoms with Gasteiger partial charge in [0.2, 0.25) is 0 Å². The molecule has 6 nitrogen and oxygen atoms in total. The third-order valence-electron chi connectivity index (χ3n) is 3.78. The lowest BCUT2D eigenvalue weighted by atomic mass is 10.1. The predicted octanol–water partition coefficient (Wildman–Crippen LogP) is 3.64. The van der Waals surface area contributed by atoms with E-state index < -0.39 is 5.97 Å². The van der Waals surface area contributed by atoms with Crippen molar-refractivity contribution in [1.29, 1.82) is 0 Å². The second kappa shape index (κ2) is 6.32. The summed E-state index contributed by atoms with van der Waals surface area (Å²) in [5, 5.41) is 3.80.